The monoisotopic (exact) mass is 317 g/mol. The standard InChI is InChI=1S/C13H19NO4S2/c1-9-6-11(3)13(7-10(9)2)20(17,18)14-12-4-5-19(15,16)8-12/h6-7,12,14H,4-5,8H2,1-3H3. The number of nitrogens with one attached hydrogen (secondary N) is 1. The van der Waals surface area contributed by atoms with Crippen LogP contribution >= 0.6 is 0 Å². The normalized spacial score (nSPS) is 22.1. The van der Waals surface area contributed by atoms with Crippen molar-refractivity contribution < 1.29 is 16.8 Å². The van der Waals surface area contributed by atoms with Gasteiger partial charge in [0.1, 0.15) is 0 Å². The van der Waals surface area contributed by atoms with Gasteiger partial charge in [-0.05, 0) is 49.9 Å². The molecular formula is C13H19NO4S2. The van der Waals surface area contributed by atoms with Crippen molar-refractivity contribution in [2.24, 2.45) is 0 Å². The number of sulfonamides is 1. The molecule has 112 valence electrons. The van der Waals surface area contributed by atoms with Crippen molar-refractivity contribution in [1.82, 2.24) is 4.72 Å². The molecular weight excluding hydrogens is 298 g/mol. The second-order valence-electron chi connectivity index (χ2n) is 5.42. The van der Waals surface area contributed by atoms with Crippen LogP contribution in [0.15, 0.2) is 17.0 Å². The molecule has 7 heteroatoms. The Hall–Kier alpha value is -0.920. The molecule has 1 N–H and O–H groups in total. The molecule has 1 heterocycles. The van der Waals surface area contributed by atoms with Gasteiger partial charge in [-0.25, -0.2) is 21.6 Å². The molecule has 1 unspecified atom stereocenters. The van der Waals surface area contributed by atoms with E-state index in [-0.39, 0.29) is 16.4 Å². The van der Waals surface area contributed by atoms with E-state index >= 15 is 0 Å². The first kappa shape index (κ1) is 15.5. The molecule has 0 bridgehead atoms. The van der Waals surface area contributed by atoms with Gasteiger partial charge in [-0.1, -0.05) is 6.07 Å². The van der Waals surface area contributed by atoms with Gasteiger partial charge in [0, 0.05) is 6.04 Å². The van der Waals surface area contributed by atoms with Crippen LogP contribution in [0, 0.1) is 20.8 Å². The molecule has 1 saturated heterocycles. The maximum Gasteiger partial charge on any atom is 0.241 e. The third-order valence-corrected chi connectivity index (χ3v) is 7.07. The molecule has 1 aliphatic heterocycles. The first-order chi connectivity index (χ1) is 9.11. The Balaban J connectivity index is 2.30. The Morgan fingerprint density at radius 2 is 1.70 bits per heavy atom. The highest BCUT2D eigenvalue weighted by Gasteiger charge is 2.31. The fourth-order valence-electron chi connectivity index (χ4n) is 2.39. The lowest BCUT2D eigenvalue weighted by Gasteiger charge is -2.15. The van der Waals surface area contributed by atoms with E-state index in [1.807, 2.05) is 19.9 Å². The van der Waals surface area contributed by atoms with Crippen LogP contribution in [-0.2, 0) is 19.9 Å². The summed E-state index contributed by atoms with van der Waals surface area (Å²) in [5.41, 5.74) is 2.60. The third kappa shape index (κ3) is 3.21. The lowest BCUT2D eigenvalue weighted by atomic mass is 10.1. The lowest BCUT2D eigenvalue weighted by Crippen LogP contribution is -2.36. The van der Waals surface area contributed by atoms with E-state index in [0.29, 0.717) is 12.0 Å². The van der Waals surface area contributed by atoms with Crippen LogP contribution < -0.4 is 4.72 Å². The highest BCUT2D eigenvalue weighted by Crippen LogP contribution is 2.21. The Labute approximate surface area is 120 Å². The summed E-state index contributed by atoms with van der Waals surface area (Å²) in [7, 11) is -6.78. The fraction of sp³-hybridized carbons (Fsp3) is 0.538. The van der Waals surface area contributed by atoms with Gasteiger partial charge in [-0.15, -0.1) is 0 Å². The van der Waals surface area contributed by atoms with E-state index in [0.717, 1.165) is 11.1 Å². The molecule has 1 atom stereocenters. The number of sulfone groups is 1. The van der Waals surface area contributed by atoms with E-state index in [1.165, 1.54) is 0 Å². The summed E-state index contributed by atoms with van der Waals surface area (Å²) in [6.07, 6.45) is 0.339. The van der Waals surface area contributed by atoms with Crippen LogP contribution in [0.5, 0.6) is 0 Å². The summed E-state index contributed by atoms with van der Waals surface area (Å²) >= 11 is 0. The van der Waals surface area contributed by atoms with Gasteiger partial charge in [0.25, 0.3) is 0 Å². The maximum absolute atomic E-state index is 12.4. The van der Waals surface area contributed by atoms with Crippen LogP contribution in [0.2, 0.25) is 0 Å². The van der Waals surface area contributed by atoms with E-state index in [4.69, 9.17) is 0 Å². The van der Waals surface area contributed by atoms with Crippen molar-refractivity contribution in [3.05, 3.63) is 28.8 Å². The second kappa shape index (κ2) is 5.13. The smallest absolute Gasteiger partial charge is 0.229 e. The summed E-state index contributed by atoms with van der Waals surface area (Å²) in [4.78, 5) is 0.227. The molecule has 0 aromatic heterocycles. The molecule has 20 heavy (non-hydrogen) atoms. The summed E-state index contributed by atoms with van der Waals surface area (Å²) in [6.45, 7) is 5.52. The van der Waals surface area contributed by atoms with Crippen molar-refractivity contribution in [3.63, 3.8) is 0 Å². The van der Waals surface area contributed by atoms with Gasteiger partial charge in [0.15, 0.2) is 9.84 Å². The third-order valence-electron chi connectivity index (χ3n) is 3.64. The minimum Gasteiger partial charge on any atom is -0.229 e. The SMILES string of the molecule is Cc1cc(C)c(S(=O)(=O)NC2CCS(=O)(=O)C2)cc1C. The molecule has 0 aliphatic carbocycles. The predicted molar refractivity (Wildman–Crippen MR) is 78.0 cm³/mol. The second-order valence-corrected chi connectivity index (χ2v) is 9.33. The molecule has 2 rings (SSSR count). The van der Waals surface area contributed by atoms with Gasteiger partial charge < -0.3 is 0 Å². The van der Waals surface area contributed by atoms with Gasteiger partial charge in [0.2, 0.25) is 10.0 Å². The quantitative estimate of drug-likeness (QED) is 0.904. The van der Waals surface area contributed by atoms with E-state index < -0.39 is 25.9 Å². The predicted octanol–water partition coefficient (Wildman–Crippen LogP) is 1.08. The van der Waals surface area contributed by atoms with Crippen LogP contribution in [0.3, 0.4) is 0 Å². The summed E-state index contributed by atoms with van der Waals surface area (Å²) in [5, 5.41) is 0. The van der Waals surface area contributed by atoms with Crippen LogP contribution in [-0.4, -0.2) is 34.4 Å². The van der Waals surface area contributed by atoms with Crippen molar-refractivity contribution >= 4 is 19.9 Å². The molecule has 5 nitrogen and oxygen atoms in total. The summed E-state index contributed by atoms with van der Waals surface area (Å²) in [5.74, 6) is -0.0672. The van der Waals surface area contributed by atoms with Crippen molar-refractivity contribution in [3.8, 4) is 0 Å². The number of hydrogen-bond acceptors (Lipinski definition) is 4. The van der Waals surface area contributed by atoms with Crippen LogP contribution in [0.1, 0.15) is 23.1 Å². The van der Waals surface area contributed by atoms with Crippen molar-refractivity contribution in [1.29, 1.82) is 0 Å². The van der Waals surface area contributed by atoms with E-state index in [9.17, 15) is 16.8 Å². The highest BCUT2D eigenvalue weighted by atomic mass is 32.2. The molecule has 0 radical (unpaired) electrons. The minimum absolute atomic E-state index is 0.0477. The largest absolute Gasteiger partial charge is 0.241 e. The van der Waals surface area contributed by atoms with Gasteiger partial charge in [-0.3, -0.25) is 0 Å². The molecule has 1 aliphatic rings. The number of rotatable bonds is 3. The molecule has 1 fully saturated rings. The van der Waals surface area contributed by atoms with Gasteiger partial charge in [-0.2, -0.15) is 0 Å². The summed E-state index contributed by atoms with van der Waals surface area (Å²) in [6, 6.07) is 2.94. The Kier molecular flexibility index (Phi) is 3.96. The number of aryl methyl sites for hydroxylation is 3. The van der Waals surface area contributed by atoms with Crippen LogP contribution in [0.4, 0.5) is 0 Å². The minimum atomic E-state index is -3.68. The zero-order valence-corrected chi connectivity index (χ0v) is 13.4. The lowest BCUT2D eigenvalue weighted by molar-refractivity contribution is 0.562. The molecule has 0 spiro atoms. The van der Waals surface area contributed by atoms with Crippen molar-refractivity contribution in [2.75, 3.05) is 11.5 Å². The van der Waals surface area contributed by atoms with E-state index in [2.05, 4.69) is 4.72 Å². The molecule has 0 amide bonds. The fourth-order valence-corrected chi connectivity index (χ4v) is 5.75. The Bertz CT molecular complexity index is 736. The Morgan fingerprint density at radius 3 is 2.25 bits per heavy atom. The first-order valence-corrected chi connectivity index (χ1v) is 9.72. The van der Waals surface area contributed by atoms with Crippen LogP contribution in [0.25, 0.3) is 0 Å². The summed E-state index contributed by atoms with van der Waals surface area (Å²) < 4.78 is 50.1. The number of hydrogen-bond donors (Lipinski definition) is 1. The maximum atomic E-state index is 12.4. The number of benzene rings is 1. The molecule has 1 aromatic rings. The van der Waals surface area contributed by atoms with Crippen molar-refractivity contribution in [2.45, 2.75) is 38.1 Å². The average molecular weight is 317 g/mol. The van der Waals surface area contributed by atoms with Gasteiger partial charge in [0.05, 0.1) is 16.4 Å². The molecule has 0 saturated carbocycles. The van der Waals surface area contributed by atoms with E-state index in [1.54, 1.807) is 13.0 Å². The average Bonchev–Trinajstić information content (AvgIpc) is 2.62. The first-order valence-electron chi connectivity index (χ1n) is 6.41. The highest BCUT2D eigenvalue weighted by molar-refractivity contribution is 7.92. The zero-order valence-electron chi connectivity index (χ0n) is 11.8. The Morgan fingerprint density at radius 1 is 1.10 bits per heavy atom. The zero-order chi connectivity index (χ0) is 15.1. The molecule has 1 aromatic carbocycles. The topological polar surface area (TPSA) is 80.3 Å². The van der Waals surface area contributed by atoms with Gasteiger partial charge >= 0.3 is 0 Å².